The predicted octanol–water partition coefficient (Wildman–Crippen LogP) is 3.62. The number of methoxy groups -OCH3 is 2. The molecule has 0 spiro atoms. The van der Waals surface area contributed by atoms with Gasteiger partial charge in [0.25, 0.3) is 0 Å². The third-order valence-corrected chi connectivity index (χ3v) is 4.92. The first-order valence-corrected chi connectivity index (χ1v) is 7.96. The van der Waals surface area contributed by atoms with Crippen molar-refractivity contribution in [1.82, 2.24) is 5.32 Å². The molecule has 2 unspecified atom stereocenters. The van der Waals surface area contributed by atoms with E-state index in [4.69, 9.17) is 9.47 Å². The average molecular weight is 291 g/mol. The molecule has 1 N–H and O–H groups in total. The molecule has 3 nitrogen and oxygen atoms in total. The molecule has 0 bridgehead atoms. The van der Waals surface area contributed by atoms with E-state index < -0.39 is 0 Å². The molecule has 0 radical (unpaired) electrons. The number of hydrogen-bond acceptors (Lipinski definition) is 3. The minimum absolute atomic E-state index is 0.244. The number of ether oxygens (including phenoxy) is 2. The summed E-state index contributed by atoms with van der Waals surface area (Å²) in [6.07, 6.45) is 2.55. The van der Waals surface area contributed by atoms with Gasteiger partial charge < -0.3 is 14.8 Å². The maximum atomic E-state index is 5.47. The van der Waals surface area contributed by atoms with Gasteiger partial charge in [-0.3, -0.25) is 0 Å². The van der Waals surface area contributed by atoms with Gasteiger partial charge in [-0.1, -0.05) is 26.8 Å². The van der Waals surface area contributed by atoms with Crippen molar-refractivity contribution in [3.63, 3.8) is 0 Å². The Labute approximate surface area is 129 Å². The number of nitrogens with one attached hydrogen (secondary N) is 1. The van der Waals surface area contributed by atoms with E-state index in [1.54, 1.807) is 14.2 Å². The fourth-order valence-electron chi connectivity index (χ4n) is 3.30. The summed E-state index contributed by atoms with van der Waals surface area (Å²) in [7, 11) is 3.39. The smallest absolute Gasteiger partial charge is 0.161 e. The Morgan fingerprint density at radius 3 is 2.43 bits per heavy atom. The normalized spacial score (nSPS) is 24.8. The summed E-state index contributed by atoms with van der Waals surface area (Å²) in [5.41, 5.74) is 1.62. The Balaban J connectivity index is 2.22. The zero-order chi connectivity index (χ0) is 15.5. The van der Waals surface area contributed by atoms with Crippen molar-refractivity contribution in [3.05, 3.63) is 23.8 Å². The molecule has 1 fully saturated rings. The van der Waals surface area contributed by atoms with Crippen LogP contribution in [0.3, 0.4) is 0 Å². The summed E-state index contributed by atoms with van der Waals surface area (Å²) >= 11 is 0. The van der Waals surface area contributed by atoms with E-state index in [9.17, 15) is 0 Å². The monoisotopic (exact) mass is 291 g/mol. The van der Waals surface area contributed by atoms with Crippen LogP contribution in [0.5, 0.6) is 11.5 Å². The molecule has 0 aromatic heterocycles. The molecule has 2 atom stereocenters. The zero-order valence-corrected chi connectivity index (χ0v) is 14.0. The van der Waals surface area contributed by atoms with Gasteiger partial charge in [0.1, 0.15) is 0 Å². The Hall–Kier alpha value is -1.22. The van der Waals surface area contributed by atoms with Crippen molar-refractivity contribution < 1.29 is 9.47 Å². The van der Waals surface area contributed by atoms with Crippen molar-refractivity contribution in [2.75, 3.05) is 27.3 Å². The molecule has 1 saturated carbocycles. The topological polar surface area (TPSA) is 30.5 Å². The van der Waals surface area contributed by atoms with E-state index in [1.165, 1.54) is 18.4 Å². The van der Waals surface area contributed by atoms with Crippen molar-refractivity contribution in [2.24, 2.45) is 11.8 Å². The van der Waals surface area contributed by atoms with Gasteiger partial charge in [0, 0.05) is 12.0 Å². The molecule has 2 rings (SSSR count). The van der Waals surface area contributed by atoms with E-state index in [-0.39, 0.29) is 5.41 Å². The van der Waals surface area contributed by atoms with Crippen LogP contribution in [0.25, 0.3) is 0 Å². The Morgan fingerprint density at radius 2 is 1.95 bits per heavy atom. The lowest BCUT2D eigenvalue weighted by molar-refractivity contribution is 0.132. The Kier molecular flexibility index (Phi) is 5.15. The second kappa shape index (κ2) is 6.69. The van der Waals surface area contributed by atoms with E-state index in [0.29, 0.717) is 11.8 Å². The molecule has 0 heterocycles. The molecule has 0 aliphatic heterocycles. The zero-order valence-electron chi connectivity index (χ0n) is 14.0. The van der Waals surface area contributed by atoms with E-state index in [1.807, 2.05) is 6.07 Å². The molecule has 1 aliphatic rings. The highest BCUT2D eigenvalue weighted by atomic mass is 16.5. The summed E-state index contributed by atoms with van der Waals surface area (Å²) in [5.74, 6) is 3.02. The van der Waals surface area contributed by atoms with Gasteiger partial charge in [0.2, 0.25) is 0 Å². The first kappa shape index (κ1) is 16.2. The van der Waals surface area contributed by atoms with E-state index in [2.05, 4.69) is 38.2 Å². The lowest BCUT2D eigenvalue weighted by Crippen LogP contribution is -2.50. The summed E-state index contributed by atoms with van der Waals surface area (Å²) in [6, 6.07) is 6.39. The van der Waals surface area contributed by atoms with E-state index >= 15 is 0 Å². The maximum absolute atomic E-state index is 5.47. The van der Waals surface area contributed by atoms with E-state index in [0.717, 1.165) is 24.6 Å². The summed E-state index contributed by atoms with van der Waals surface area (Å²) in [5, 5.41) is 3.65. The van der Waals surface area contributed by atoms with Crippen LogP contribution in [0.4, 0.5) is 0 Å². The van der Waals surface area contributed by atoms with Crippen molar-refractivity contribution in [3.8, 4) is 11.5 Å². The average Bonchev–Trinajstić information content (AvgIpc) is 2.49. The highest BCUT2D eigenvalue weighted by Crippen LogP contribution is 2.49. The van der Waals surface area contributed by atoms with Gasteiger partial charge in [-0.15, -0.1) is 0 Å². The Bertz CT molecular complexity index is 472. The SMILES string of the molecule is COc1ccc(C2(CNCC(C)C)CCC2C)cc1OC. The lowest BCUT2D eigenvalue weighted by Gasteiger charge is -2.49. The van der Waals surface area contributed by atoms with Crippen molar-refractivity contribution in [1.29, 1.82) is 0 Å². The summed E-state index contributed by atoms with van der Waals surface area (Å²) < 4.78 is 10.8. The van der Waals surface area contributed by atoms with Gasteiger partial charge in [-0.2, -0.15) is 0 Å². The van der Waals surface area contributed by atoms with Crippen molar-refractivity contribution >= 4 is 0 Å². The molecule has 118 valence electrons. The van der Waals surface area contributed by atoms with Crippen LogP contribution in [0.2, 0.25) is 0 Å². The van der Waals surface area contributed by atoms with Crippen molar-refractivity contribution in [2.45, 2.75) is 39.0 Å². The summed E-state index contributed by atoms with van der Waals surface area (Å²) in [6.45, 7) is 8.97. The molecule has 1 aromatic carbocycles. The molecule has 1 aromatic rings. The molecule has 0 saturated heterocycles. The van der Waals surface area contributed by atoms with Gasteiger partial charge >= 0.3 is 0 Å². The standard InChI is InChI=1S/C18H29NO2/c1-13(2)11-19-12-18(9-8-14(18)3)15-6-7-16(20-4)17(10-15)21-5/h6-7,10,13-14,19H,8-9,11-12H2,1-5H3. The van der Waals surface area contributed by atoms with Gasteiger partial charge in [-0.25, -0.2) is 0 Å². The highest BCUT2D eigenvalue weighted by Gasteiger charge is 2.45. The van der Waals surface area contributed by atoms with Crippen LogP contribution in [0.15, 0.2) is 18.2 Å². The molecular formula is C18H29NO2. The third kappa shape index (κ3) is 3.18. The molecular weight excluding hydrogens is 262 g/mol. The second-order valence-corrected chi connectivity index (χ2v) is 6.69. The van der Waals surface area contributed by atoms with Gasteiger partial charge in [0.05, 0.1) is 14.2 Å². The minimum Gasteiger partial charge on any atom is -0.493 e. The fourth-order valence-corrected chi connectivity index (χ4v) is 3.30. The quantitative estimate of drug-likeness (QED) is 0.832. The Morgan fingerprint density at radius 1 is 1.24 bits per heavy atom. The lowest BCUT2D eigenvalue weighted by atomic mass is 9.57. The number of hydrogen-bond donors (Lipinski definition) is 1. The molecule has 1 aliphatic carbocycles. The summed E-state index contributed by atoms with van der Waals surface area (Å²) in [4.78, 5) is 0. The minimum atomic E-state index is 0.244. The van der Waals surface area contributed by atoms with Crippen LogP contribution in [0, 0.1) is 11.8 Å². The third-order valence-electron chi connectivity index (χ3n) is 4.92. The van der Waals surface area contributed by atoms with Crippen LogP contribution in [-0.2, 0) is 5.41 Å². The molecule has 3 heteroatoms. The molecule has 0 amide bonds. The first-order valence-electron chi connectivity index (χ1n) is 7.96. The van der Waals surface area contributed by atoms with Gasteiger partial charge in [0.15, 0.2) is 11.5 Å². The van der Waals surface area contributed by atoms with Crippen LogP contribution < -0.4 is 14.8 Å². The first-order chi connectivity index (χ1) is 10.0. The highest BCUT2D eigenvalue weighted by molar-refractivity contribution is 5.46. The van der Waals surface area contributed by atoms with Gasteiger partial charge in [-0.05, 0) is 48.9 Å². The number of benzene rings is 1. The molecule has 21 heavy (non-hydrogen) atoms. The van der Waals surface area contributed by atoms with Crippen LogP contribution >= 0.6 is 0 Å². The van der Waals surface area contributed by atoms with Crippen LogP contribution in [-0.4, -0.2) is 27.3 Å². The second-order valence-electron chi connectivity index (χ2n) is 6.69. The fraction of sp³-hybridized carbons (Fsp3) is 0.667. The predicted molar refractivity (Wildman–Crippen MR) is 87.3 cm³/mol. The maximum Gasteiger partial charge on any atom is 0.161 e. The van der Waals surface area contributed by atoms with Crippen LogP contribution in [0.1, 0.15) is 39.2 Å². The number of rotatable bonds is 7. The largest absolute Gasteiger partial charge is 0.493 e.